The van der Waals surface area contributed by atoms with Crippen LogP contribution in [0.5, 0.6) is 0 Å². The Morgan fingerprint density at radius 3 is 2.26 bits per heavy atom. The summed E-state index contributed by atoms with van der Waals surface area (Å²) < 4.78 is 0. The van der Waals surface area contributed by atoms with Gasteiger partial charge in [0.05, 0.1) is 0 Å². The van der Waals surface area contributed by atoms with Crippen LogP contribution in [-0.4, -0.2) is 0 Å². The molecular formula is C26H29P. The SMILES string of the molecule is CC.CCCc1ccccc1-c1c(C)ccc2c1ccc1cc(P)ccc12. The van der Waals surface area contributed by atoms with Crippen LogP contribution in [-0.2, 0) is 6.42 Å². The molecule has 0 fully saturated rings. The summed E-state index contributed by atoms with van der Waals surface area (Å²) in [6.45, 7) is 8.48. The van der Waals surface area contributed by atoms with Gasteiger partial charge in [0.15, 0.2) is 0 Å². The Kier molecular flexibility index (Phi) is 6.30. The zero-order valence-electron chi connectivity index (χ0n) is 16.8. The summed E-state index contributed by atoms with van der Waals surface area (Å²) in [5.74, 6) is 0. The summed E-state index contributed by atoms with van der Waals surface area (Å²) in [5, 5.41) is 6.56. The van der Waals surface area contributed by atoms with E-state index in [1.54, 1.807) is 0 Å². The van der Waals surface area contributed by atoms with Crippen molar-refractivity contribution in [2.24, 2.45) is 0 Å². The number of benzene rings is 4. The highest BCUT2D eigenvalue weighted by Gasteiger charge is 2.12. The first-order valence-electron chi connectivity index (χ1n) is 9.99. The molecule has 27 heavy (non-hydrogen) atoms. The van der Waals surface area contributed by atoms with Crippen molar-refractivity contribution in [3.63, 3.8) is 0 Å². The van der Waals surface area contributed by atoms with Crippen LogP contribution < -0.4 is 5.30 Å². The summed E-state index contributed by atoms with van der Waals surface area (Å²) in [6, 6.07) is 24.7. The molecule has 0 aliphatic carbocycles. The first-order valence-corrected chi connectivity index (χ1v) is 10.6. The maximum atomic E-state index is 2.79. The van der Waals surface area contributed by atoms with Gasteiger partial charge in [-0.2, -0.15) is 0 Å². The summed E-state index contributed by atoms with van der Waals surface area (Å²) >= 11 is 0. The lowest BCUT2D eigenvalue weighted by Gasteiger charge is -2.16. The minimum absolute atomic E-state index is 1.12. The Bertz CT molecular complexity index is 1080. The summed E-state index contributed by atoms with van der Waals surface area (Å²) in [6.07, 6.45) is 2.29. The second-order valence-corrected chi connectivity index (χ2v) is 7.47. The van der Waals surface area contributed by atoms with Crippen molar-refractivity contribution in [3.05, 3.63) is 77.9 Å². The van der Waals surface area contributed by atoms with Crippen molar-refractivity contribution in [1.29, 1.82) is 0 Å². The molecule has 0 radical (unpaired) electrons. The fourth-order valence-electron chi connectivity index (χ4n) is 3.88. The van der Waals surface area contributed by atoms with Gasteiger partial charge in [0, 0.05) is 0 Å². The van der Waals surface area contributed by atoms with Gasteiger partial charge in [0.1, 0.15) is 0 Å². The average molecular weight is 372 g/mol. The molecule has 138 valence electrons. The molecule has 0 aliphatic heterocycles. The van der Waals surface area contributed by atoms with E-state index in [0.717, 1.165) is 6.42 Å². The highest BCUT2D eigenvalue weighted by atomic mass is 31.0. The minimum atomic E-state index is 1.12. The van der Waals surface area contributed by atoms with Gasteiger partial charge >= 0.3 is 0 Å². The van der Waals surface area contributed by atoms with Gasteiger partial charge in [-0.3, -0.25) is 0 Å². The van der Waals surface area contributed by atoms with Gasteiger partial charge < -0.3 is 0 Å². The third-order valence-electron chi connectivity index (χ3n) is 5.06. The molecule has 1 heteroatoms. The molecule has 0 spiro atoms. The highest BCUT2D eigenvalue weighted by molar-refractivity contribution is 7.27. The molecule has 0 heterocycles. The zero-order valence-corrected chi connectivity index (χ0v) is 18.0. The Balaban J connectivity index is 0.00000102. The third-order valence-corrected chi connectivity index (χ3v) is 5.41. The van der Waals surface area contributed by atoms with E-state index in [9.17, 15) is 0 Å². The molecule has 0 aliphatic rings. The Hall–Kier alpha value is -2.17. The quantitative estimate of drug-likeness (QED) is 0.259. The molecule has 0 amide bonds. The monoisotopic (exact) mass is 372 g/mol. The normalized spacial score (nSPS) is 10.7. The first kappa shape index (κ1) is 19.6. The predicted molar refractivity (Wildman–Crippen MR) is 126 cm³/mol. The van der Waals surface area contributed by atoms with Crippen LogP contribution >= 0.6 is 9.24 Å². The fraction of sp³-hybridized carbons (Fsp3) is 0.231. The van der Waals surface area contributed by atoms with E-state index in [2.05, 4.69) is 89.8 Å². The zero-order chi connectivity index (χ0) is 19.4. The van der Waals surface area contributed by atoms with Crippen LogP contribution in [0.2, 0.25) is 0 Å². The molecule has 1 unspecified atom stereocenters. The lowest BCUT2D eigenvalue weighted by atomic mass is 9.88. The van der Waals surface area contributed by atoms with Crippen LogP contribution in [0.3, 0.4) is 0 Å². The number of hydrogen-bond acceptors (Lipinski definition) is 0. The predicted octanol–water partition coefficient (Wildman–Crippen LogP) is 7.45. The molecule has 4 aromatic rings. The van der Waals surface area contributed by atoms with Crippen molar-refractivity contribution in [3.8, 4) is 11.1 Å². The Morgan fingerprint density at radius 1 is 0.778 bits per heavy atom. The van der Waals surface area contributed by atoms with E-state index in [1.807, 2.05) is 13.8 Å². The van der Waals surface area contributed by atoms with E-state index in [1.165, 1.54) is 55.5 Å². The lowest BCUT2D eigenvalue weighted by molar-refractivity contribution is 0.923. The van der Waals surface area contributed by atoms with Crippen LogP contribution in [0.1, 0.15) is 38.3 Å². The second-order valence-electron chi connectivity index (χ2n) is 6.81. The average Bonchev–Trinajstić information content (AvgIpc) is 2.70. The number of rotatable bonds is 3. The molecule has 1 atom stereocenters. The van der Waals surface area contributed by atoms with Crippen molar-refractivity contribution < 1.29 is 0 Å². The maximum absolute atomic E-state index is 2.79. The molecule has 4 rings (SSSR count). The number of fused-ring (bicyclic) bond motifs is 3. The van der Waals surface area contributed by atoms with Crippen molar-refractivity contribution in [2.75, 3.05) is 0 Å². The van der Waals surface area contributed by atoms with Gasteiger partial charge in [-0.05, 0) is 68.5 Å². The van der Waals surface area contributed by atoms with E-state index < -0.39 is 0 Å². The van der Waals surface area contributed by atoms with Gasteiger partial charge in [0.25, 0.3) is 0 Å². The van der Waals surface area contributed by atoms with E-state index >= 15 is 0 Å². The van der Waals surface area contributed by atoms with Crippen LogP contribution in [0, 0.1) is 6.92 Å². The van der Waals surface area contributed by atoms with Crippen molar-refractivity contribution in [2.45, 2.75) is 40.5 Å². The third kappa shape index (κ3) is 3.78. The summed E-state index contributed by atoms with van der Waals surface area (Å²) in [5.41, 5.74) is 5.56. The van der Waals surface area contributed by atoms with Crippen molar-refractivity contribution in [1.82, 2.24) is 0 Å². The van der Waals surface area contributed by atoms with Gasteiger partial charge in [-0.1, -0.05) is 87.9 Å². The van der Waals surface area contributed by atoms with Crippen molar-refractivity contribution >= 4 is 36.1 Å². The van der Waals surface area contributed by atoms with E-state index in [4.69, 9.17) is 0 Å². The molecular weight excluding hydrogens is 343 g/mol. The van der Waals surface area contributed by atoms with E-state index in [0.29, 0.717) is 0 Å². The van der Waals surface area contributed by atoms with Crippen LogP contribution in [0.25, 0.3) is 32.7 Å². The van der Waals surface area contributed by atoms with Crippen LogP contribution in [0.4, 0.5) is 0 Å². The molecule has 0 nitrogen and oxygen atoms in total. The second kappa shape index (κ2) is 8.68. The Morgan fingerprint density at radius 2 is 1.48 bits per heavy atom. The lowest BCUT2D eigenvalue weighted by Crippen LogP contribution is -1.94. The van der Waals surface area contributed by atoms with Gasteiger partial charge in [0.2, 0.25) is 0 Å². The smallest absolute Gasteiger partial charge is 0.00731 e. The summed E-state index contributed by atoms with van der Waals surface area (Å²) in [4.78, 5) is 0. The molecule has 0 bridgehead atoms. The van der Waals surface area contributed by atoms with Gasteiger partial charge in [-0.15, -0.1) is 9.24 Å². The minimum Gasteiger partial charge on any atom is -0.106 e. The largest absolute Gasteiger partial charge is 0.106 e. The molecule has 4 aromatic carbocycles. The number of aryl methyl sites for hydroxylation is 2. The maximum Gasteiger partial charge on any atom is -0.00731 e. The molecule has 0 N–H and O–H groups in total. The number of hydrogen-bond donors (Lipinski definition) is 0. The summed E-state index contributed by atoms with van der Waals surface area (Å²) in [7, 11) is 2.79. The molecule has 0 aromatic heterocycles. The Labute approximate surface area is 165 Å². The first-order chi connectivity index (χ1) is 13.2. The molecule has 0 saturated carbocycles. The molecule has 0 saturated heterocycles. The van der Waals surface area contributed by atoms with E-state index in [-0.39, 0.29) is 0 Å². The topological polar surface area (TPSA) is 0 Å². The van der Waals surface area contributed by atoms with Crippen LogP contribution in [0.15, 0.2) is 66.7 Å². The standard InChI is InChI=1S/C24H23P.C2H6/c1-3-6-17-7-4-5-8-21(17)24-16(2)9-12-22-20-14-11-19(25)15-18(20)10-13-23(22)24;1-2/h4-5,7-15H,3,6,25H2,1-2H3;1-2H3. The van der Waals surface area contributed by atoms with Gasteiger partial charge in [-0.25, -0.2) is 0 Å². The fourth-order valence-corrected chi connectivity index (χ4v) is 4.16. The highest BCUT2D eigenvalue weighted by Crippen LogP contribution is 2.37.